The van der Waals surface area contributed by atoms with Crippen LogP contribution in [0.5, 0.6) is 5.88 Å². The zero-order chi connectivity index (χ0) is 14.3. The van der Waals surface area contributed by atoms with Gasteiger partial charge in [-0.05, 0) is 13.0 Å². The predicted octanol–water partition coefficient (Wildman–Crippen LogP) is 2.08. The van der Waals surface area contributed by atoms with E-state index in [9.17, 15) is 9.65 Å². The van der Waals surface area contributed by atoms with Gasteiger partial charge in [0.2, 0.25) is 11.8 Å². The molecule has 0 aliphatic carbocycles. The fraction of sp³-hybridized carbons (Fsp3) is 0.143. The van der Waals surface area contributed by atoms with Gasteiger partial charge >= 0.3 is 0 Å². The molecule has 1 aromatic carbocycles. The molecule has 1 aliphatic heterocycles. The number of aromatic amines is 1. The molecule has 0 unspecified atom stereocenters. The number of aryl methyl sites for hydroxylation is 1. The van der Waals surface area contributed by atoms with Gasteiger partial charge in [-0.3, -0.25) is 5.10 Å². The summed E-state index contributed by atoms with van der Waals surface area (Å²) < 4.78 is 19.4. The van der Waals surface area contributed by atoms with Gasteiger partial charge in [0.05, 0.1) is 5.92 Å². The summed E-state index contributed by atoms with van der Waals surface area (Å²) >= 11 is 0. The number of hydrogen-bond acceptors (Lipinski definition) is 4. The maximum Gasteiger partial charge on any atom is 0.244 e. The molecule has 0 saturated carbocycles. The molecular formula is C14H11FN4O. The lowest BCUT2D eigenvalue weighted by atomic mass is 9.84. The summed E-state index contributed by atoms with van der Waals surface area (Å²) in [5, 5.41) is 16.1. The molecule has 3 rings (SSSR count). The van der Waals surface area contributed by atoms with Gasteiger partial charge in [0.25, 0.3) is 0 Å². The number of rotatable bonds is 1. The lowest BCUT2D eigenvalue weighted by Gasteiger charge is -2.23. The van der Waals surface area contributed by atoms with Crippen molar-refractivity contribution in [3.63, 3.8) is 0 Å². The summed E-state index contributed by atoms with van der Waals surface area (Å²) in [7, 11) is 0. The lowest BCUT2D eigenvalue weighted by molar-refractivity contribution is 0.378. The van der Waals surface area contributed by atoms with Crippen LogP contribution in [0.4, 0.5) is 4.39 Å². The molecular weight excluding hydrogens is 259 g/mol. The molecule has 5 nitrogen and oxygen atoms in total. The van der Waals surface area contributed by atoms with Crippen LogP contribution in [-0.2, 0) is 0 Å². The van der Waals surface area contributed by atoms with E-state index < -0.39 is 11.7 Å². The summed E-state index contributed by atoms with van der Waals surface area (Å²) in [6.45, 7) is 1.79. The molecule has 1 atom stereocenters. The second-order valence-corrected chi connectivity index (χ2v) is 4.51. The number of halogens is 1. The van der Waals surface area contributed by atoms with Gasteiger partial charge in [0.1, 0.15) is 17.5 Å². The molecule has 0 saturated heterocycles. The Kier molecular flexibility index (Phi) is 2.68. The van der Waals surface area contributed by atoms with Crippen LogP contribution in [0.2, 0.25) is 0 Å². The van der Waals surface area contributed by atoms with Crippen LogP contribution in [0.15, 0.2) is 35.7 Å². The topological polar surface area (TPSA) is 87.7 Å². The van der Waals surface area contributed by atoms with Crippen molar-refractivity contribution in [1.29, 1.82) is 5.26 Å². The van der Waals surface area contributed by atoms with Crippen molar-refractivity contribution in [2.24, 2.45) is 5.73 Å². The number of ether oxygens (including phenoxy) is 1. The van der Waals surface area contributed by atoms with Gasteiger partial charge in [0.15, 0.2) is 0 Å². The Hall–Kier alpha value is -2.81. The Balaban J connectivity index is 2.29. The molecule has 0 radical (unpaired) electrons. The van der Waals surface area contributed by atoms with Crippen LogP contribution in [0, 0.1) is 24.1 Å². The highest BCUT2D eigenvalue weighted by Crippen LogP contribution is 2.43. The molecule has 20 heavy (non-hydrogen) atoms. The molecule has 0 fully saturated rings. The molecule has 1 aliphatic rings. The maximum absolute atomic E-state index is 14.1. The van der Waals surface area contributed by atoms with E-state index in [1.54, 1.807) is 25.1 Å². The minimum Gasteiger partial charge on any atom is -0.420 e. The number of fused-ring (bicyclic) bond motifs is 1. The van der Waals surface area contributed by atoms with Crippen molar-refractivity contribution in [2.75, 3.05) is 0 Å². The fourth-order valence-electron chi connectivity index (χ4n) is 2.42. The first-order valence-corrected chi connectivity index (χ1v) is 6.00. The molecule has 0 spiro atoms. The Bertz CT molecular complexity index is 757. The molecule has 2 heterocycles. The average molecular weight is 270 g/mol. The van der Waals surface area contributed by atoms with Crippen LogP contribution in [-0.4, -0.2) is 10.2 Å². The highest BCUT2D eigenvalue weighted by atomic mass is 19.1. The van der Waals surface area contributed by atoms with Crippen molar-refractivity contribution >= 4 is 0 Å². The van der Waals surface area contributed by atoms with E-state index in [0.717, 1.165) is 0 Å². The van der Waals surface area contributed by atoms with Crippen LogP contribution >= 0.6 is 0 Å². The molecule has 2 aromatic rings. The highest BCUT2D eigenvalue weighted by Gasteiger charge is 2.35. The number of benzene rings is 1. The number of H-pyrrole nitrogens is 1. The molecule has 6 heteroatoms. The van der Waals surface area contributed by atoms with E-state index in [1.165, 1.54) is 6.07 Å². The van der Waals surface area contributed by atoms with E-state index in [1.807, 2.05) is 6.07 Å². The minimum atomic E-state index is -0.608. The second kappa shape index (κ2) is 4.38. The third-order valence-corrected chi connectivity index (χ3v) is 3.35. The number of aromatic nitrogens is 2. The Labute approximate surface area is 114 Å². The van der Waals surface area contributed by atoms with Crippen LogP contribution in [0.25, 0.3) is 0 Å². The predicted molar refractivity (Wildman–Crippen MR) is 69.0 cm³/mol. The number of nitrogens with two attached hydrogens (primary N) is 1. The first-order valence-electron chi connectivity index (χ1n) is 6.00. The molecule has 0 bridgehead atoms. The normalized spacial score (nSPS) is 17.4. The van der Waals surface area contributed by atoms with E-state index in [2.05, 4.69) is 10.2 Å². The first kappa shape index (κ1) is 12.2. The van der Waals surface area contributed by atoms with Crippen LogP contribution in [0.3, 0.4) is 0 Å². The van der Waals surface area contributed by atoms with Crippen molar-refractivity contribution in [2.45, 2.75) is 12.8 Å². The summed E-state index contributed by atoms with van der Waals surface area (Å²) in [5.41, 5.74) is 7.67. The monoisotopic (exact) mass is 270 g/mol. The zero-order valence-corrected chi connectivity index (χ0v) is 10.6. The van der Waals surface area contributed by atoms with Gasteiger partial charge in [0, 0.05) is 16.8 Å². The molecule has 0 amide bonds. The van der Waals surface area contributed by atoms with E-state index >= 15 is 0 Å². The maximum atomic E-state index is 14.1. The minimum absolute atomic E-state index is 0.0419. The van der Waals surface area contributed by atoms with Gasteiger partial charge in [-0.2, -0.15) is 5.26 Å². The number of nitrogens with zero attached hydrogens (tertiary/aromatic N) is 2. The Morgan fingerprint density at radius 1 is 1.45 bits per heavy atom. The highest BCUT2D eigenvalue weighted by molar-refractivity contribution is 5.55. The lowest BCUT2D eigenvalue weighted by Crippen LogP contribution is -2.21. The summed E-state index contributed by atoms with van der Waals surface area (Å²) in [5.74, 6) is -0.762. The zero-order valence-electron chi connectivity index (χ0n) is 10.6. The average Bonchev–Trinajstić information content (AvgIpc) is 2.79. The summed E-state index contributed by atoms with van der Waals surface area (Å²) in [6.07, 6.45) is 0. The van der Waals surface area contributed by atoms with E-state index in [4.69, 9.17) is 10.5 Å². The van der Waals surface area contributed by atoms with Gasteiger partial charge in [-0.25, -0.2) is 4.39 Å². The largest absolute Gasteiger partial charge is 0.420 e. The number of allylic oxidation sites excluding steroid dienone is 1. The standard InChI is InChI=1S/C14H11FN4O/c1-7-11-12(8-4-2-3-5-10(8)15)9(6-16)13(17)20-14(11)19-18-7/h2-5,12H,17H2,1H3,(H,18,19)/t12-/m1/s1. The Morgan fingerprint density at radius 3 is 2.90 bits per heavy atom. The van der Waals surface area contributed by atoms with Crippen LogP contribution in [0.1, 0.15) is 22.7 Å². The van der Waals surface area contributed by atoms with Gasteiger partial charge in [-0.15, -0.1) is 5.10 Å². The summed E-state index contributed by atoms with van der Waals surface area (Å²) in [6, 6.07) is 8.31. The van der Waals surface area contributed by atoms with Crippen LogP contribution < -0.4 is 10.5 Å². The molecule has 3 N–H and O–H groups in total. The van der Waals surface area contributed by atoms with Crippen molar-refractivity contribution in [3.05, 3.63) is 58.4 Å². The molecule has 1 aromatic heterocycles. The first-order chi connectivity index (χ1) is 9.63. The van der Waals surface area contributed by atoms with Crippen molar-refractivity contribution in [1.82, 2.24) is 10.2 Å². The number of hydrogen-bond donors (Lipinski definition) is 2. The van der Waals surface area contributed by atoms with Gasteiger partial charge in [-0.1, -0.05) is 18.2 Å². The van der Waals surface area contributed by atoms with E-state index in [-0.39, 0.29) is 17.3 Å². The van der Waals surface area contributed by atoms with Gasteiger partial charge < -0.3 is 10.5 Å². The second-order valence-electron chi connectivity index (χ2n) is 4.51. The van der Waals surface area contributed by atoms with E-state index in [0.29, 0.717) is 16.8 Å². The number of nitriles is 1. The molecule has 100 valence electrons. The third-order valence-electron chi connectivity index (χ3n) is 3.35. The number of nitrogens with one attached hydrogen (secondary N) is 1. The quantitative estimate of drug-likeness (QED) is 0.830. The Morgan fingerprint density at radius 2 is 2.20 bits per heavy atom. The smallest absolute Gasteiger partial charge is 0.244 e. The fourth-order valence-corrected chi connectivity index (χ4v) is 2.42. The summed E-state index contributed by atoms with van der Waals surface area (Å²) in [4.78, 5) is 0. The van der Waals surface area contributed by atoms with Crippen molar-refractivity contribution < 1.29 is 9.13 Å². The van der Waals surface area contributed by atoms with Crippen molar-refractivity contribution in [3.8, 4) is 11.9 Å². The third kappa shape index (κ3) is 1.64. The SMILES string of the molecule is Cc1[nH]nc2c1[C@H](c1ccccc1F)C(C#N)=C(N)O2.